The molecule has 0 unspecified atom stereocenters. The molecular formula is C22H29N3O4S. The fourth-order valence-corrected chi connectivity index (χ4v) is 4.85. The van der Waals surface area contributed by atoms with Crippen LogP contribution in [-0.4, -0.2) is 37.6 Å². The molecule has 0 bridgehead atoms. The van der Waals surface area contributed by atoms with E-state index in [0.717, 1.165) is 18.4 Å². The lowest BCUT2D eigenvalue weighted by atomic mass is 10.0. The molecule has 0 atom stereocenters. The van der Waals surface area contributed by atoms with Crippen molar-refractivity contribution in [3.63, 3.8) is 0 Å². The first-order chi connectivity index (χ1) is 14.3. The molecule has 1 aliphatic rings. The summed E-state index contributed by atoms with van der Waals surface area (Å²) in [5.41, 5.74) is 7.91. The van der Waals surface area contributed by atoms with Crippen LogP contribution in [0.25, 0.3) is 0 Å². The summed E-state index contributed by atoms with van der Waals surface area (Å²) < 4.78 is 32.6. The van der Waals surface area contributed by atoms with Crippen LogP contribution in [0.15, 0.2) is 53.4 Å². The highest BCUT2D eigenvalue weighted by atomic mass is 32.2. The zero-order chi connectivity index (χ0) is 21.8. The number of rotatable bonds is 6. The second-order valence-corrected chi connectivity index (χ2v) is 9.47. The highest BCUT2D eigenvalue weighted by molar-refractivity contribution is 7.89. The molecule has 2 aromatic rings. The van der Waals surface area contributed by atoms with E-state index in [4.69, 9.17) is 10.5 Å². The van der Waals surface area contributed by atoms with Crippen LogP contribution in [0.1, 0.15) is 37.8 Å². The zero-order valence-corrected chi connectivity index (χ0v) is 18.2. The van der Waals surface area contributed by atoms with Gasteiger partial charge in [-0.3, -0.25) is 11.1 Å². The average Bonchev–Trinajstić information content (AvgIpc) is 2.74. The van der Waals surface area contributed by atoms with Gasteiger partial charge in [0.15, 0.2) is 5.72 Å². The van der Waals surface area contributed by atoms with E-state index in [1.165, 1.54) is 9.87 Å². The van der Waals surface area contributed by atoms with Gasteiger partial charge in [-0.15, -0.1) is 0 Å². The quantitative estimate of drug-likeness (QED) is 0.682. The number of nitrogens with two attached hydrogens (primary N) is 1. The Bertz CT molecular complexity index is 964. The van der Waals surface area contributed by atoms with E-state index in [1.807, 2.05) is 43.3 Å². The predicted molar refractivity (Wildman–Crippen MR) is 117 cm³/mol. The highest BCUT2D eigenvalue weighted by Gasteiger charge is 2.38. The Balaban J connectivity index is 1.58. The van der Waals surface area contributed by atoms with Crippen LogP contribution in [-0.2, 0) is 27.6 Å². The van der Waals surface area contributed by atoms with Gasteiger partial charge >= 0.3 is 6.09 Å². The molecule has 0 radical (unpaired) electrons. The Labute approximate surface area is 178 Å². The molecule has 3 rings (SSSR count). The van der Waals surface area contributed by atoms with Gasteiger partial charge in [0.2, 0.25) is 10.0 Å². The molecule has 1 amide bonds. The summed E-state index contributed by atoms with van der Waals surface area (Å²) >= 11 is 0. The number of amides is 1. The minimum atomic E-state index is -3.60. The fourth-order valence-electron chi connectivity index (χ4n) is 3.41. The molecule has 0 saturated carbocycles. The highest BCUT2D eigenvalue weighted by Crippen LogP contribution is 2.27. The lowest BCUT2D eigenvalue weighted by Gasteiger charge is -2.37. The molecule has 162 valence electrons. The minimum Gasteiger partial charge on any atom is -0.428 e. The van der Waals surface area contributed by atoms with Crippen LogP contribution < -0.4 is 11.1 Å². The van der Waals surface area contributed by atoms with Gasteiger partial charge in [0.25, 0.3) is 0 Å². The van der Waals surface area contributed by atoms with Gasteiger partial charge in [-0.1, -0.05) is 38.1 Å². The van der Waals surface area contributed by atoms with Crippen molar-refractivity contribution in [2.24, 2.45) is 5.73 Å². The number of nitrogens with zero attached hydrogens (tertiary/aromatic N) is 1. The largest absolute Gasteiger partial charge is 0.428 e. The fraction of sp³-hybridized carbons (Fsp3) is 0.409. The van der Waals surface area contributed by atoms with Gasteiger partial charge in [-0.25, -0.2) is 13.2 Å². The Hall–Kier alpha value is -2.42. The molecule has 1 aliphatic heterocycles. The molecule has 3 N–H and O–H groups in total. The molecule has 8 heteroatoms. The zero-order valence-electron chi connectivity index (χ0n) is 17.4. The number of carbonyl (C=O) groups is 1. The smallest absolute Gasteiger partial charge is 0.413 e. The van der Waals surface area contributed by atoms with Crippen molar-refractivity contribution in [1.82, 2.24) is 4.31 Å². The third-order valence-corrected chi connectivity index (χ3v) is 7.36. The first-order valence-electron chi connectivity index (χ1n) is 10.2. The van der Waals surface area contributed by atoms with E-state index in [1.54, 1.807) is 12.1 Å². The number of hydrogen-bond donors (Lipinski definition) is 2. The van der Waals surface area contributed by atoms with E-state index < -0.39 is 21.8 Å². The van der Waals surface area contributed by atoms with E-state index in [2.05, 4.69) is 12.2 Å². The van der Waals surface area contributed by atoms with Gasteiger partial charge in [-0.05, 0) is 48.2 Å². The molecule has 0 aliphatic carbocycles. The molecule has 7 nitrogen and oxygen atoms in total. The molecule has 0 aromatic heterocycles. The Kier molecular flexibility index (Phi) is 6.80. The summed E-state index contributed by atoms with van der Waals surface area (Å²) in [6, 6.07) is 14.4. The average molecular weight is 432 g/mol. The number of nitrogens with one attached hydrogen (secondary N) is 1. The van der Waals surface area contributed by atoms with Gasteiger partial charge in [0.1, 0.15) is 0 Å². The van der Waals surface area contributed by atoms with Crippen molar-refractivity contribution < 1.29 is 17.9 Å². The number of hydrogen-bond acceptors (Lipinski definition) is 5. The Morgan fingerprint density at radius 1 is 1.00 bits per heavy atom. The second-order valence-electron chi connectivity index (χ2n) is 7.53. The van der Waals surface area contributed by atoms with Crippen LogP contribution in [0.3, 0.4) is 0 Å². The van der Waals surface area contributed by atoms with Crippen LogP contribution in [0.4, 0.5) is 10.5 Å². The van der Waals surface area contributed by atoms with E-state index in [-0.39, 0.29) is 30.8 Å². The predicted octanol–water partition coefficient (Wildman–Crippen LogP) is 3.50. The van der Waals surface area contributed by atoms with Gasteiger partial charge in [0, 0.05) is 31.6 Å². The number of sulfonamides is 1. The molecular weight excluding hydrogens is 402 g/mol. The van der Waals surface area contributed by atoms with Gasteiger partial charge < -0.3 is 4.74 Å². The number of aryl methyl sites for hydroxylation is 2. The SMILES string of the molecule is CCc1ccc(NC(=O)OC2(N)CCN(S(=O)(=O)c3ccc(CC)cc3)CC2)cc1. The number of benzene rings is 2. The molecule has 2 aromatic carbocycles. The second kappa shape index (κ2) is 9.16. The summed E-state index contributed by atoms with van der Waals surface area (Å²) in [6.07, 6.45) is 1.57. The van der Waals surface area contributed by atoms with Crippen LogP contribution in [0.2, 0.25) is 0 Å². The van der Waals surface area contributed by atoms with Crippen LogP contribution in [0, 0.1) is 0 Å². The molecule has 1 fully saturated rings. The van der Waals surface area contributed by atoms with E-state index in [9.17, 15) is 13.2 Å². The summed E-state index contributed by atoms with van der Waals surface area (Å²) in [7, 11) is -3.60. The lowest BCUT2D eigenvalue weighted by Crippen LogP contribution is -2.54. The third kappa shape index (κ3) is 5.19. The molecule has 1 heterocycles. The van der Waals surface area contributed by atoms with Crippen molar-refractivity contribution in [3.8, 4) is 0 Å². The van der Waals surface area contributed by atoms with Crippen molar-refractivity contribution in [2.45, 2.75) is 50.2 Å². The first-order valence-corrected chi connectivity index (χ1v) is 11.7. The standard InChI is InChI=1S/C22H29N3O4S/c1-3-17-5-9-19(10-6-17)24-21(26)29-22(23)13-15-25(16-14-22)30(27,28)20-11-7-18(4-2)8-12-20/h5-12H,3-4,13-16,23H2,1-2H3,(H,24,26). The normalized spacial score (nSPS) is 16.8. The Morgan fingerprint density at radius 2 is 1.50 bits per heavy atom. The number of anilines is 1. The monoisotopic (exact) mass is 431 g/mol. The number of piperidine rings is 1. The van der Waals surface area contributed by atoms with Gasteiger partial charge in [0.05, 0.1) is 4.90 Å². The maximum atomic E-state index is 12.9. The van der Waals surface area contributed by atoms with Crippen molar-refractivity contribution >= 4 is 21.8 Å². The number of carbonyl (C=O) groups excluding carboxylic acids is 1. The maximum Gasteiger partial charge on any atom is 0.413 e. The summed E-state index contributed by atoms with van der Waals surface area (Å²) in [4.78, 5) is 12.5. The summed E-state index contributed by atoms with van der Waals surface area (Å²) in [5, 5.41) is 2.67. The van der Waals surface area contributed by atoms with Gasteiger partial charge in [-0.2, -0.15) is 4.31 Å². The van der Waals surface area contributed by atoms with Crippen LogP contribution in [0.5, 0.6) is 0 Å². The van der Waals surface area contributed by atoms with Crippen molar-refractivity contribution in [3.05, 3.63) is 59.7 Å². The number of ether oxygens (including phenoxy) is 1. The molecule has 0 spiro atoms. The lowest BCUT2D eigenvalue weighted by molar-refractivity contribution is -0.0116. The van der Waals surface area contributed by atoms with Crippen molar-refractivity contribution in [1.29, 1.82) is 0 Å². The summed E-state index contributed by atoms with van der Waals surface area (Å²) in [5.74, 6) is 0. The van der Waals surface area contributed by atoms with Crippen LogP contribution >= 0.6 is 0 Å². The topological polar surface area (TPSA) is 102 Å². The van der Waals surface area contributed by atoms with E-state index in [0.29, 0.717) is 5.69 Å². The summed E-state index contributed by atoms with van der Waals surface area (Å²) in [6.45, 7) is 4.45. The minimum absolute atomic E-state index is 0.187. The van der Waals surface area contributed by atoms with Crippen molar-refractivity contribution in [2.75, 3.05) is 18.4 Å². The first kappa shape index (κ1) is 22.3. The molecule has 30 heavy (non-hydrogen) atoms. The third-order valence-electron chi connectivity index (χ3n) is 5.44. The maximum absolute atomic E-state index is 12.9. The molecule has 1 saturated heterocycles. The van der Waals surface area contributed by atoms with E-state index >= 15 is 0 Å². The Morgan fingerprint density at radius 3 is 2.00 bits per heavy atom.